The molecule has 0 saturated carbocycles. The Morgan fingerprint density at radius 3 is 2.41 bits per heavy atom. The van der Waals surface area contributed by atoms with E-state index in [2.05, 4.69) is 4.74 Å². The van der Waals surface area contributed by atoms with Gasteiger partial charge in [0.25, 0.3) is 5.78 Å². The maximum absolute atomic E-state index is 13.1. The summed E-state index contributed by atoms with van der Waals surface area (Å²) in [6, 6.07) is 7.55. The average molecular weight is 376 g/mol. The molecule has 0 saturated heterocycles. The number of aliphatic hydroxyl groups is 1. The number of ether oxygens (including phenoxy) is 2. The molecule has 0 spiro atoms. The molecule has 0 atom stereocenters. The van der Waals surface area contributed by atoms with Gasteiger partial charge < -0.3 is 19.0 Å². The van der Waals surface area contributed by atoms with Crippen molar-refractivity contribution in [3.8, 4) is 0 Å². The van der Waals surface area contributed by atoms with E-state index in [1.807, 2.05) is 0 Å². The summed E-state index contributed by atoms with van der Waals surface area (Å²) >= 11 is 0. The molecule has 0 aliphatic heterocycles. The minimum absolute atomic E-state index is 0.0247. The van der Waals surface area contributed by atoms with Gasteiger partial charge in [-0.2, -0.15) is 0 Å². The Balaban J connectivity index is 2.47. The topological polar surface area (TPSA) is 86.0 Å². The molecule has 144 valence electrons. The number of halogens is 1. The first-order chi connectivity index (χ1) is 12.7. The fourth-order valence-corrected chi connectivity index (χ4v) is 2.35. The van der Waals surface area contributed by atoms with Crippen LogP contribution in [-0.2, 0) is 31.1 Å². The van der Waals surface area contributed by atoms with Crippen LogP contribution in [0.25, 0.3) is 5.76 Å². The van der Waals surface area contributed by atoms with Crippen molar-refractivity contribution in [2.24, 2.45) is 0 Å². The quantitative estimate of drug-likeness (QED) is 0.344. The van der Waals surface area contributed by atoms with Gasteiger partial charge in [0.15, 0.2) is 11.5 Å². The summed E-state index contributed by atoms with van der Waals surface area (Å²) in [4.78, 5) is 23.0. The maximum Gasteiger partial charge on any atom is 0.378 e. The van der Waals surface area contributed by atoms with Gasteiger partial charge in [-0.25, -0.2) is 9.18 Å². The van der Waals surface area contributed by atoms with Crippen LogP contribution in [0, 0.1) is 5.82 Å². The van der Waals surface area contributed by atoms with Crippen LogP contribution in [0.3, 0.4) is 0 Å². The predicted octanol–water partition coefficient (Wildman–Crippen LogP) is 3.53. The minimum atomic E-state index is -1.11. The third-order valence-corrected chi connectivity index (χ3v) is 4.11. The Morgan fingerprint density at radius 1 is 1.22 bits per heavy atom. The van der Waals surface area contributed by atoms with Crippen LogP contribution in [-0.4, -0.2) is 31.1 Å². The van der Waals surface area contributed by atoms with E-state index >= 15 is 0 Å². The second kappa shape index (κ2) is 8.18. The molecule has 2 aromatic rings. The zero-order valence-electron chi connectivity index (χ0n) is 15.5. The Morgan fingerprint density at radius 2 is 1.85 bits per heavy atom. The molecule has 7 heteroatoms. The van der Waals surface area contributed by atoms with Gasteiger partial charge in [0, 0.05) is 25.2 Å². The highest BCUT2D eigenvalue weighted by Gasteiger charge is 2.28. The van der Waals surface area contributed by atoms with Crippen molar-refractivity contribution >= 4 is 17.5 Å². The molecule has 6 nitrogen and oxygen atoms in total. The molecule has 0 aliphatic carbocycles. The SMILES string of the molecule is COC(=O)C(=O)/C=C(\O)c1oc(C(C)(C)OC)cc1Cc1ccc(F)cc1. The van der Waals surface area contributed by atoms with E-state index in [1.165, 1.54) is 19.2 Å². The first-order valence-electron chi connectivity index (χ1n) is 8.14. The average Bonchev–Trinajstić information content (AvgIpc) is 3.07. The number of aliphatic hydroxyl groups excluding tert-OH is 1. The highest BCUT2D eigenvalue weighted by Crippen LogP contribution is 2.32. The third kappa shape index (κ3) is 4.83. The molecule has 0 bridgehead atoms. The van der Waals surface area contributed by atoms with E-state index < -0.39 is 23.1 Å². The first kappa shape index (κ1) is 20.4. The van der Waals surface area contributed by atoms with Crippen LogP contribution < -0.4 is 0 Å². The van der Waals surface area contributed by atoms with Gasteiger partial charge in [-0.3, -0.25) is 4.79 Å². The number of hydrogen-bond acceptors (Lipinski definition) is 6. The third-order valence-electron chi connectivity index (χ3n) is 4.11. The second-order valence-corrected chi connectivity index (χ2v) is 6.37. The van der Waals surface area contributed by atoms with Crippen LogP contribution in [0.1, 0.15) is 36.5 Å². The van der Waals surface area contributed by atoms with Crippen molar-refractivity contribution < 1.29 is 33.0 Å². The molecule has 0 radical (unpaired) electrons. The summed E-state index contributed by atoms with van der Waals surface area (Å²) in [5.41, 5.74) is 0.531. The van der Waals surface area contributed by atoms with Crippen molar-refractivity contribution in [3.05, 3.63) is 64.9 Å². The number of esters is 1. The Labute approximate surface area is 156 Å². The van der Waals surface area contributed by atoms with Crippen LogP contribution in [0.2, 0.25) is 0 Å². The summed E-state index contributed by atoms with van der Waals surface area (Å²) in [6.07, 6.45) is 1.05. The number of furan rings is 1. The normalized spacial score (nSPS) is 12.1. The van der Waals surface area contributed by atoms with Crippen molar-refractivity contribution in [1.29, 1.82) is 0 Å². The van der Waals surface area contributed by atoms with E-state index in [9.17, 15) is 19.1 Å². The summed E-state index contributed by atoms with van der Waals surface area (Å²) < 4.78 is 28.6. The number of carbonyl (C=O) groups excluding carboxylic acids is 2. The van der Waals surface area contributed by atoms with Crippen LogP contribution in [0.5, 0.6) is 0 Å². The monoisotopic (exact) mass is 376 g/mol. The lowest BCUT2D eigenvalue weighted by Gasteiger charge is -2.19. The molecule has 0 fully saturated rings. The lowest BCUT2D eigenvalue weighted by molar-refractivity contribution is -0.149. The smallest absolute Gasteiger partial charge is 0.378 e. The highest BCUT2D eigenvalue weighted by atomic mass is 19.1. The molecule has 2 rings (SSSR count). The largest absolute Gasteiger partial charge is 0.504 e. The second-order valence-electron chi connectivity index (χ2n) is 6.37. The molecule has 0 unspecified atom stereocenters. The van der Waals surface area contributed by atoms with Gasteiger partial charge in [0.1, 0.15) is 17.2 Å². The zero-order valence-corrected chi connectivity index (χ0v) is 15.5. The number of ketones is 1. The zero-order chi connectivity index (χ0) is 20.2. The Kier molecular flexibility index (Phi) is 6.17. The summed E-state index contributed by atoms with van der Waals surface area (Å²) in [5, 5.41) is 10.3. The van der Waals surface area contributed by atoms with Crippen molar-refractivity contribution in [1.82, 2.24) is 0 Å². The fourth-order valence-electron chi connectivity index (χ4n) is 2.35. The highest BCUT2D eigenvalue weighted by molar-refractivity contribution is 6.39. The van der Waals surface area contributed by atoms with Crippen molar-refractivity contribution in [3.63, 3.8) is 0 Å². The van der Waals surface area contributed by atoms with Gasteiger partial charge in [0.2, 0.25) is 0 Å². The van der Waals surface area contributed by atoms with Gasteiger partial charge in [-0.1, -0.05) is 12.1 Å². The number of hydrogen-bond donors (Lipinski definition) is 1. The van der Waals surface area contributed by atoms with E-state index in [1.54, 1.807) is 32.0 Å². The Hall–Kier alpha value is -2.93. The summed E-state index contributed by atoms with van der Waals surface area (Å²) in [5.74, 6) is -2.56. The molecular weight excluding hydrogens is 355 g/mol. The van der Waals surface area contributed by atoms with E-state index in [0.717, 1.165) is 18.7 Å². The van der Waals surface area contributed by atoms with E-state index in [0.29, 0.717) is 17.7 Å². The lowest BCUT2D eigenvalue weighted by Crippen LogP contribution is -2.18. The minimum Gasteiger partial charge on any atom is -0.504 e. The standard InChI is InChI=1S/C20H21FO6/c1-20(2,26-4)17-10-13(9-12-5-7-14(21)8-6-12)18(27-17)15(22)11-16(23)19(24)25-3/h5-8,10-11,22H,9H2,1-4H3/b15-11-. The van der Waals surface area contributed by atoms with Crippen LogP contribution in [0.15, 0.2) is 40.8 Å². The first-order valence-corrected chi connectivity index (χ1v) is 8.14. The number of benzene rings is 1. The van der Waals surface area contributed by atoms with Gasteiger partial charge in [0.05, 0.1) is 7.11 Å². The number of carbonyl (C=O) groups is 2. The van der Waals surface area contributed by atoms with Gasteiger partial charge in [-0.15, -0.1) is 0 Å². The fraction of sp³-hybridized carbons (Fsp3) is 0.300. The molecule has 0 amide bonds. The van der Waals surface area contributed by atoms with E-state index in [-0.39, 0.29) is 11.6 Å². The van der Waals surface area contributed by atoms with Gasteiger partial charge >= 0.3 is 5.97 Å². The van der Waals surface area contributed by atoms with Crippen LogP contribution in [0.4, 0.5) is 4.39 Å². The summed E-state index contributed by atoms with van der Waals surface area (Å²) in [7, 11) is 2.58. The molecular formula is C20H21FO6. The molecule has 1 aromatic carbocycles. The molecule has 1 heterocycles. The van der Waals surface area contributed by atoms with Crippen molar-refractivity contribution in [2.75, 3.05) is 14.2 Å². The van der Waals surface area contributed by atoms with Gasteiger partial charge in [-0.05, 0) is 37.6 Å². The molecule has 0 aliphatic rings. The molecule has 1 aromatic heterocycles. The van der Waals surface area contributed by atoms with Crippen molar-refractivity contribution in [2.45, 2.75) is 25.9 Å². The Bertz CT molecular complexity index is 861. The lowest BCUT2D eigenvalue weighted by atomic mass is 10.0. The summed E-state index contributed by atoms with van der Waals surface area (Å²) in [6.45, 7) is 3.55. The predicted molar refractivity (Wildman–Crippen MR) is 95.6 cm³/mol. The van der Waals surface area contributed by atoms with E-state index in [4.69, 9.17) is 9.15 Å². The van der Waals surface area contributed by atoms with Crippen LogP contribution >= 0.6 is 0 Å². The number of methoxy groups -OCH3 is 2. The molecule has 1 N–H and O–H groups in total. The molecule has 27 heavy (non-hydrogen) atoms. The number of rotatable bonds is 7. The maximum atomic E-state index is 13.1.